The third-order valence-corrected chi connectivity index (χ3v) is 3.60. The summed E-state index contributed by atoms with van der Waals surface area (Å²) in [6.45, 7) is 1.88. The van der Waals surface area contributed by atoms with Gasteiger partial charge < -0.3 is 20.9 Å². The lowest BCUT2D eigenvalue weighted by molar-refractivity contribution is 0.0594. The van der Waals surface area contributed by atoms with Crippen LogP contribution in [-0.4, -0.2) is 25.2 Å². The van der Waals surface area contributed by atoms with Crippen LogP contribution in [0, 0.1) is 6.92 Å². The van der Waals surface area contributed by atoms with E-state index in [0.717, 1.165) is 5.56 Å². The predicted octanol–water partition coefficient (Wildman–Crippen LogP) is 2.67. The van der Waals surface area contributed by atoms with Crippen molar-refractivity contribution in [2.24, 2.45) is 0 Å². The molecule has 1 aromatic carbocycles. The first-order valence-electron chi connectivity index (χ1n) is 6.37. The number of halogens is 1. The number of nitrogens with zero attached hydrogens (tertiary/aromatic N) is 1. The van der Waals surface area contributed by atoms with E-state index in [1.807, 2.05) is 13.0 Å². The van der Waals surface area contributed by atoms with E-state index >= 15 is 0 Å². The van der Waals surface area contributed by atoms with E-state index in [2.05, 4.69) is 9.72 Å². The Morgan fingerprint density at radius 3 is 2.45 bits per heavy atom. The fourth-order valence-electron chi connectivity index (χ4n) is 2.06. The van der Waals surface area contributed by atoms with Crippen LogP contribution in [0.25, 0.3) is 11.3 Å². The smallest absolute Gasteiger partial charge is 0.358 e. The van der Waals surface area contributed by atoms with Gasteiger partial charge in [-0.15, -0.1) is 0 Å². The lowest BCUT2D eigenvalue weighted by atomic mass is 10.0. The molecule has 0 aliphatic rings. The molecule has 4 N–H and O–H groups in total. The summed E-state index contributed by atoms with van der Waals surface area (Å²) in [5, 5.41) is 0.0550. The second kappa shape index (κ2) is 6.11. The molecule has 0 unspecified atom stereocenters. The van der Waals surface area contributed by atoms with Crippen molar-refractivity contribution in [2.45, 2.75) is 6.92 Å². The number of rotatable bonds is 3. The van der Waals surface area contributed by atoms with E-state index in [-0.39, 0.29) is 16.4 Å². The highest BCUT2D eigenvalue weighted by Gasteiger charge is 2.19. The summed E-state index contributed by atoms with van der Waals surface area (Å²) in [6, 6.07) is 5.06. The fraction of sp³-hybridized carbons (Fsp3) is 0.200. The minimum atomic E-state index is -0.664. The van der Waals surface area contributed by atoms with E-state index < -0.39 is 5.97 Å². The number of carbonyl (C=O) groups excluding carboxylic acids is 1. The van der Waals surface area contributed by atoms with Gasteiger partial charge in [-0.3, -0.25) is 0 Å². The van der Waals surface area contributed by atoms with Gasteiger partial charge in [-0.2, -0.15) is 0 Å². The van der Waals surface area contributed by atoms with Gasteiger partial charge in [-0.25, -0.2) is 9.78 Å². The summed E-state index contributed by atoms with van der Waals surface area (Å²) in [6.07, 6.45) is 0. The largest absolute Gasteiger partial charge is 0.496 e. The number of pyridine rings is 1. The van der Waals surface area contributed by atoms with Crippen molar-refractivity contribution in [1.29, 1.82) is 0 Å². The number of esters is 1. The van der Waals surface area contributed by atoms with Gasteiger partial charge in [0.2, 0.25) is 0 Å². The zero-order valence-electron chi connectivity index (χ0n) is 12.4. The number of aryl methyl sites for hydroxylation is 1. The second-order valence-corrected chi connectivity index (χ2v) is 5.04. The van der Waals surface area contributed by atoms with Gasteiger partial charge in [-0.1, -0.05) is 11.6 Å². The average molecular weight is 322 g/mol. The molecular formula is C15H16ClN3O3. The summed E-state index contributed by atoms with van der Waals surface area (Å²) >= 11 is 6.01. The molecule has 116 valence electrons. The van der Waals surface area contributed by atoms with Gasteiger partial charge in [0.1, 0.15) is 5.75 Å². The summed E-state index contributed by atoms with van der Waals surface area (Å²) < 4.78 is 9.88. The van der Waals surface area contributed by atoms with Crippen LogP contribution in [0.2, 0.25) is 5.02 Å². The SMILES string of the molecule is COC(=O)c1nc(-c2cc(C)c(OC)cc2N)cc(N)c1Cl. The molecule has 22 heavy (non-hydrogen) atoms. The normalized spacial score (nSPS) is 10.4. The number of carbonyl (C=O) groups is 1. The summed E-state index contributed by atoms with van der Waals surface area (Å²) in [5.41, 5.74) is 14.5. The van der Waals surface area contributed by atoms with Crippen LogP contribution < -0.4 is 16.2 Å². The maximum absolute atomic E-state index is 11.7. The highest BCUT2D eigenvalue weighted by Crippen LogP contribution is 2.34. The molecule has 0 saturated carbocycles. The van der Waals surface area contributed by atoms with E-state index in [9.17, 15) is 4.79 Å². The Morgan fingerprint density at radius 1 is 1.18 bits per heavy atom. The molecule has 1 heterocycles. The molecule has 0 aliphatic carbocycles. The van der Waals surface area contributed by atoms with Crippen molar-refractivity contribution in [3.05, 3.63) is 34.5 Å². The molecule has 0 aliphatic heterocycles. The number of hydrogen-bond donors (Lipinski definition) is 2. The van der Waals surface area contributed by atoms with Crippen LogP contribution >= 0.6 is 11.6 Å². The zero-order valence-corrected chi connectivity index (χ0v) is 13.2. The highest BCUT2D eigenvalue weighted by atomic mass is 35.5. The number of methoxy groups -OCH3 is 2. The van der Waals surface area contributed by atoms with Gasteiger partial charge in [0.25, 0.3) is 0 Å². The van der Waals surface area contributed by atoms with E-state index in [0.29, 0.717) is 22.7 Å². The minimum absolute atomic E-state index is 0.0490. The van der Waals surface area contributed by atoms with Gasteiger partial charge >= 0.3 is 5.97 Å². The first-order valence-corrected chi connectivity index (χ1v) is 6.75. The summed E-state index contributed by atoms with van der Waals surface area (Å²) in [5.74, 6) is -0.00117. The number of ether oxygens (including phenoxy) is 2. The molecule has 1 aromatic heterocycles. The highest BCUT2D eigenvalue weighted by molar-refractivity contribution is 6.35. The Kier molecular flexibility index (Phi) is 4.42. The molecule has 0 fully saturated rings. The fourth-order valence-corrected chi connectivity index (χ4v) is 2.24. The predicted molar refractivity (Wildman–Crippen MR) is 86.1 cm³/mol. The van der Waals surface area contributed by atoms with Crippen LogP contribution in [0.3, 0.4) is 0 Å². The Morgan fingerprint density at radius 2 is 1.86 bits per heavy atom. The molecule has 7 heteroatoms. The standard InChI is InChI=1S/C15H16ClN3O3/c1-7-4-8(9(17)6-12(7)21-2)11-5-10(18)13(16)14(19-11)15(20)22-3/h4-6H,17H2,1-3H3,(H2,18,19). The summed E-state index contributed by atoms with van der Waals surface area (Å²) in [7, 11) is 2.81. The number of anilines is 2. The van der Waals surface area contributed by atoms with Crippen LogP contribution in [0.15, 0.2) is 18.2 Å². The lowest BCUT2D eigenvalue weighted by Gasteiger charge is -2.13. The monoisotopic (exact) mass is 321 g/mol. The number of nitrogens with two attached hydrogens (primary N) is 2. The van der Waals surface area contributed by atoms with E-state index in [1.165, 1.54) is 7.11 Å². The van der Waals surface area contributed by atoms with E-state index in [4.69, 9.17) is 27.8 Å². The van der Waals surface area contributed by atoms with Crippen molar-refractivity contribution in [2.75, 3.05) is 25.7 Å². The quantitative estimate of drug-likeness (QED) is 0.666. The maximum atomic E-state index is 11.7. The number of hydrogen-bond acceptors (Lipinski definition) is 6. The van der Waals surface area contributed by atoms with Crippen LogP contribution in [0.1, 0.15) is 16.1 Å². The van der Waals surface area contributed by atoms with Gasteiger partial charge in [0.05, 0.1) is 30.6 Å². The third-order valence-electron chi connectivity index (χ3n) is 3.21. The molecule has 0 amide bonds. The van der Waals surface area contributed by atoms with Crippen molar-refractivity contribution in [3.8, 4) is 17.0 Å². The topological polar surface area (TPSA) is 100 Å². The van der Waals surface area contributed by atoms with Gasteiger partial charge in [0.15, 0.2) is 5.69 Å². The van der Waals surface area contributed by atoms with Crippen LogP contribution in [0.4, 0.5) is 11.4 Å². The number of aromatic nitrogens is 1. The number of nitrogen functional groups attached to an aromatic ring is 2. The van der Waals surface area contributed by atoms with Crippen molar-refractivity contribution in [3.63, 3.8) is 0 Å². The lowest BCUT2D eigenvalue weighted by Crippen LogP contribution is -2.08. The van der Waals surface area contributed by atoms with Gasteiger partial charge in [0, 0.05) is 17.3 Å². The second-order valence-electron chi connectivity index (χ2n) is 4.66. The van der Waals surface area contributed by atoms with Crippen LogP contribution in [-0.2, 0) is 4.74 Å². The molecule has 0 radical (unpaired) electrons. The van der Waals surface area contributed by atoms with Gasteiger partial charge in [-0.05, 0) is 24.6 Å². The first kappa shape index (κ1) is 15.9. The van der Waals surface area contributed by atoms with Crippen molar-refractivity contribution < 1.29 is 14.3 Å². The zero-order chi connectivity index (χ0) is 16.4. The Hall–Kier alpha value is -2.47. The molecule has 2 rings (SSSR count). The molecule has 0 bridgehead atoms. The first-order chi connectivity index (χ1) is 10.4. The molecule has 0 saturated heterocycles. The third kappa shape index (κ3) is 2.78. The Labute approximate surface area is 133 Å². The Balaban J connectivity index is 2.66. The molecule has 6 nitrogen and oxygen atoms in total. The molecule has 2 aromatic rings. The van der Waals surface area contributed by atoms with Crippen LogP contribution in [0.5, 0.6) is 5.75 Å². The molecular weight excluding hydrogens is 306 g/mol. The maximum Gasteiger partial charge on any atom is 0.358 e. The van der Waals surface area contributed by atoms with E-state index in [1.54, 1.807) is 19.2 Å². The molecule has 0 spiro atoms. The molecule has 0 atom stereocenters. The Bertz CT molecular complexity index is 747. The van der Waals surface area contributed by atoms with Crippen molar-refractivity contribution >= 4 is 28.9 Å². The summed E-state index contributed by atoms with van der Waals surface area (Å²) in [4.78, 5) is 16.0. The van der Waals surface area contributed by atoms with Crippen molar-refractivity contribution in [1.82, 2.24) is 4.98 Å². The average Bonchev–Trinajstić information content (AvgIpc) is 2.50. The minimum Gasteiger partial charge on any atom is -0.496 e. The number of benzene rings is 1.